The third kappa shape index (κ3) is 4.20. The smallest absolute Gasteiger partial charge is 0.203 e. The number of nitrogens with one attached hydrogen (secondary N) is 1. The normalized spacial score (nSPS) is 11.3. The predicted molar refractivity (Wildman–Crippen MR) is 109 cm³/mol. The van der Waals surface area contributed by atoms with Crippen molar-refractivity contribution in [3.05, 3.63) is 52.9 Å². The minimum Gasteiger partial charge on any atom is -0.508 e. The Balaban J connectivity index is 1.79. The Morgan fingerprint density at radius 3 is 2.44 bits per heavy atom. The van der Waals surface area contributed by atoms with Gasteiger partial charge in [0.25, 0.3) is 0 Å². The number of hydrogen-bond acceptors (Lipinski definition) is 7. The van der Waals surface area contributed by atoms with Gasteiger partial charge < -0.3 is 14.6 Å². The number of aryl methyl sites for hydroxylation is 1. The zero-order valence-corrected chi connectivity index (χ0v) is 16.4. The number of hydrogen-bond donors (Lipinski definition) is 2. The Kier molecular flexibility index (Phi) is 5.61. The summed E-state index contributed by atoms with van der Waals surface area (Å²) in [7, 11) is 3.23. The van der Waals surface area contributed by atoms with E-state index >= 15 is 0 Å². The van der Waals surface area contributed by atoms with Crippen molar-refractivity contribution >= 4 is 22.2 Å². The number of aromatic nitrogens is 1. The van der Waals surface area contributed by atoms with Crippen LogP contribution >= 0.6 is 11.3 Å². The van der Waals surface area contributed by atoms with Crippen LogP contribution < -0.4 is 14.9 Å². The Morgan fingerprint density at radius 2 is 1.78 bits per heavy atom. The molecule has 0 aliphatic carbocycles. The number of phenols is 1. The Bertz CT molecular complexity index is 965. The second kappa shape index (κ2) is 8.09. The van der Waals surface area contributed by atoms with Crippen molar-refractivity contribution in [1.82, 2.24) is 4.98 Å². The maximum absolute atomic E-state index is 9.39. The number of phenolic OH excluding ortho intramolecular Hbond substituents is 1. The van der Waals surface area contributed by atoms with E-state index in [1.165, 1.54) is 11.3 Å². The van der Waals surface area contributed by atoms with Crippen LogP contribution in [-0.4, -0.2) is 30.0 Å². The average molecular weight is 383 g/mol. The summed E-state index contributed by atoms with van der Waals surface area (Å²) in [6.07, 6.45) is 0. The van der Waals surface area contributed by atoms with Crippen molar-refractivity contribution in [3.8, 4) is 28.5 Å². The van der Waals surface area contributed by atoms with Crippen LogP contribution in [0.5, 0.6) is 17.2 Å². The van der Waals surface area contributed by atoms with E-state index in [0.717, 1.165) is 28.1 Å². The number of anilines is 1. The van der Waals surface area contributed by atoms with Crippen molar-refractivity contribution in [3.63, 3.8) is 0 Å². The van der Waals surface area contributed by atoms with Gasteiger partial charge in [0.15, 0.2) is 11.5 Å². The fourth-order valence-electron chi connectivity index (χ4n) is 2.65. The van der Waals surface area contributed by atoms with E-state index in [4.69, 9.17) is 9.47 Å². The molecule has 0 spiro atoms. The zero-order valence-electron chi connectivity index (χ0n) is 15.6. The molecule has 0 radical (unpaired) electrons. The van der Waals surface area contributed by atoms with Crippen LogP contribution in [0.15, 0.2) is 46.9 Å². The topological polar surface area (TPSA) is 76.0 Å². The van der Waals surface area contributed by atoms with Crippen LogP contribution in [0.25, 0.3) is 11.3 Å². The van der Waals surface area contributed by atoms with Crippen molar-refractivity contribution in [2.24, 2.45) is 5.10 Å². The molecule has 3 aromatic rings. The first-order valence-corrected chi connectivity index (χ1v) is 9.18. The van der Waals surface area contributed by atoms with Gasteiger partial charge in [-0.1, -0.05) is 0 Å². The fraction of sp³-hybridized carbons (Fsp3) is 0.200. The maximum atomic E-state index is 9.39. The average Bonchev–Trinajstić information content (AvgIpc) is 3.15. The molecule has 1 aromatic heterocycles. The van der Waals surface area contributed by atoms with Crippen molar-refractivity contribution in [2.45, 2.75) is 13.8 Å². The van der Waals surface area contributed by atoms with Crippen LogP contribution in [0, 0.1) is 6.92 Å². The second-order valence-corrected chi connectivity index (χ2v) is 6.77. The molecule has 3 rings (SSSR count). The minimum atomic E-state index is 0.234. The molecule has 0 saturated heterocycles. The molecule has 140 valence electrons. The molecule has 0 aliphatic rings. The summed E-state index contributed by atoms with van der Waals surface area (Å²) in [6, 6.07) is 10.8. The van der Waals surface area contributed by atoms with E-state index in [2.05, 4.69) is 15.5 Å². The lowest BCUT2D eigenvalue weighted by atomic mass is 10.0. The van der Waals surface area contributed by atoms with E-state index in [1.54, 1.807) is 26.4 Å². The van der Waals surface area contributed by atoms with Gasteiger partial charge in [0.05, 0.1) is 25.6 Å². The number of ether oxygens (including phenoxy) is 2. The highest BCUT2D eigenvalue weighted by atomic mass is 32.1. The van der Waals surface area contributed by atoms with Gasteiger partial charge in [-0.2, -0.15) is 5.10 Å². The number of methoxy groups -OCH3 is 2. The molecule has 2 N–H and O–H groups in total. The van der Waals surface area contributed by atoms with Crippen LogP contribution in [0.3, 0.4) is 0 Å². The fourth-order valence-corrected chi connectivity index (χ4v) is 3.31. The summed E-state index contributed by atoms with van der Waals surface area (Å²) < 4.78 is 10.7. The first-order chi connectivity index (χ1) is 13.0. The molecule has 0 bridgehead atoms. The van der Waals surface area contributed by atoms with Crippen LogP contribution in [0.1, 0.15) is 18.1 Å². The van der Waals surface area contributed by atoms with Gasteiger partial charge in [0, 0.05) is 16.5 Å². The van der Waals surface area contributed by atoms with Gasteiger partial charge in [-0.05, 0) is 55.8 Å². The zero-order chi connectivity index (χ0) is 19.4. The van der Waals surface area contributed by atoms with Crippen LogP contribution in [-0.2, 0) is 0 Å². The Hall–Kier alpha value is -3.06. The number of rotatable bonds is 6. The number of benzene rings is 2. The third-order valence-corrected chi connectivity index (χ3v) is 4.85. The molecule has 0 atom stereocenters. The van der Waals surface area contributed by atoms with Gasteiger partial charge in [-0.3, -0.25) is 5.43 Å². The molecule has 7 heteroatoms. The highest BCUT2D eigenvalue weighted by molar-refractivity contribution is 7.14. The molecule has 1 heterocycles. The van der Waals surface area contributed by atoms with E-state index < -0.39 is 0 Å². The summed E-state index contributed by atoms with van der Waals surface area (Å²) in [5, 5.41) is 16.5. The van der Waals surface area contributed by atoms with Gasteiger partial charge in [0.2, 0.25) is 5.13 Å². The van der Waals surface area contributed by atoms with Crippen LogP contribution in [0.4, 0.5) is 5.13 Å². The summed E-state index contributed by atoms with van der Waals surface area (Å²) >= 11 is 1.47. The highest BCUT2D eigenvalue weighted by Crippen LogP contribution is 2.31. The van der Waals surface area contributed by atoms with E-state index in [-0.39, 0.29) is 5.75 Å². The summed E-state index contributed by atoms with van der Waals surface area (Å²) in [4.78, 5) is 4.53. The van der Waals surface area contributed by atoms with Crippen molar-refractivity contribution in [1.29, 1.82) is 0 Å². The number of hydrazone groups is 1. The number of nitrogens with zero attached hydrogens (tertiary/aromatic N) is 2. The molecular weight excluding hydrogens is 362 g/mol. The molecule has 0 amide bonds. The van der Waals surface area contributed by atoms with Gasteiger partial charge >= 0.3 is 0 Å². The minimum absolute atomic E-state index is 0.234. The SMILES string of the molecule is COc1cc(C)c(/C(C)=N/Nc2nc(-c3ccc(O)cc3)cs2)cc1OC. The van der Waals surface area contributed by atoms with E-state index in [0.29, 0.717) is 16.6 Å². The van der Waals surface area contributed by atoms with Gasteiger partial charge in [-0.15, -0.1) is 11.3 Å². The molecular formula is C20H21N3O3S. The Morgan fingerprint density at radius 1 is 1.11 bits per heavy atom. The van der Waals surface area contributed by atoms with Crippen molar-refractivity contribution < 1.29 is 14.6 Å². The first kappa shape index (κ1) is 18.7. The lowest BCUT2D eigenvalue weighted by Gasteiger charge is -2.12. The molecule has 27 heavy (non-hydrogen) atoms. The molecule has 0 fully saturated rings. The standard InChI is InChI=1S/C20H21N3O3S/c1-12-9-18(25-3)19(26-4)10-16(12)13(2)22-23-20-21-17(11-27-20)14-5-7-15(24)8-6-14/h5-11,24H,1-4H3,(H,21,23)/b22-13+. The lowest BCUT2D eigenvalue weighted by Crippen LogP contribution is -2.03. The maximum Gasteiger partial charge on any atom is 0.203 e. The second-order valence-electron chi connectivity index (χ2n) is 5.92. The molecule has 0 saturated carbocycles. The Labute approximate surface area is 162 Å². The van der Waals surface area contributed by atoms with E-state index in [1.807, 2.05) is 43.5 Å². The third-order valence-electron chi connectivity index (χ3n) is 4.11. The predicted octanol–water partition coefficient (Wildman–Crippen LogP) is 4.68. The monoisotopic (exact) mass is 383 g/mol. The molecule has 2 aromatic carbocycles. The lowest BCUT2D eigenvalue weighted by molar-refractivity contribution is 0.354. The quantitative estimate of drug-likeness (QED) is 0.477. The molecule has 0 aliphatic heterocycles. The molecule has 0 unspecified atom stereocenters. The summed E-state index contributed by atoms with van der Waals surface area (Å²) in [5.41, 5.74) is 7.61. The van der Waals surface area contributed by atoms with Gasteiger partial charge in [0.1, 0.15) is 5.75 Å². The molecule has 6 nitrogen and oxygen atoms in total. The highest BCUT2D eigenvalue weighted by Gasteiger charge is 2.11. The first-order valence-electron chi connectivity index (χ1n) is 8.30. The summed E-state index contributed by atoms with van der Waals surface area (Å²) in [5.74, 6) is 1.59. The summed E-state index contributed by atoms with van der Waals surface area (Å²) in [6.45, 7) is 3.93. The van der Waals surface area contributed by atoms with Crippen LogP contribution in [0.2, 0.25) is 0 Å². The van der Waals surface area contributed by atoms with Gasteiger partial charge in [-0.25, -0.2) is 4.98 Å². The largest absolute Gasteiger partial charge is 0.508 e. The van der Waals surface area contributed by atoms with Crippen molar-refractivity contribution in [2.75, 3.05) is 19.6 Å². The van der Waals surface area contributed by atoms with E-state index in [9.17, 15) is 5.11 Å². The number of thiazole rings is 1. The number of aromatic hydroxyl groups is 1.